The van der Waals surface area contributed by atoms with Crippen LogP contribution in [0.3, 0.4) is 0 Å². The zero-order valence-electron chi connectivity index (χ0n) is 9.60. The van der Waals surface area contributed by atoms with E-state index < -0.39 is 21.4 Å². The molecule has 0 fully saturated rings. The van der Waals surface area contributed by atoms with Gasteiger partial charge >= 0.3 is 0 Å². The molecule has 0 saturated heterocycles. The lowest BCUT2D eigenvalue weighted by Crippen LogP contribution is -2.48. The van der Waals surface area contributed by atoms with Crippen LogP contribution in [0.25, 0.3) is 0 Å². The van der Waals surface area contributed by atoms with Crippen molar-refractivity contribution in [3.63, 3.8) is 0 Å². The molecule has 0 heterocycles. The molecule has 0 spiro atoms. The number of halogens is 2. The number of nitrogens with one attached hydrogen (secondary N) is 1. The van der Waals surface area contributed by atoms with Crippen molar-refractivity contribution in [2.75, 3.05) is 6.54 Å². The van der Waals surface area contributed by atoms with Gasteiger partial charge in [0.25, 0.3) is 0 Å². The third-order valence-corrected chi connectivity index (χ3v) is 3.76. The molecule has 0 aliphatic heterocycles. The van der Waals surface area contributed by atoms with Gasteiger partial charge in [0, 0.05) is 12.1 Å². The summed E-state index contributed by atoms with van der Waals surface area (Å²) in [4.78, 5) is 0.0235. The Bertz CT molecular complexity index is 460. The summed E-state index contributed by atoms with van der Waals surface area (Å²) in [5, 5.41) is 0. The number of nitrogens with two attached hydrogens (primary N) is 1. The summed E-state index contributed by atoms with van der Waals surface area (Å²) in [7, 11) is -3.64. The van der Waals surface area contributed by atoms with E-state index in [4.69, 9.17) is 5.73 Å². The van der Waals surface area contributed by atoms with E-state index in [2.05, 4.69) is 4.72 Å². The highest BCUT2D eigenvalue weighted by Crippen LogP contribution is 2.12. The fourth-order valence-electron chi connectivity index (χ4n) is 1.08. The number of benzene rings is 1. The molecule has 98 valence electrons. The summed E-state index contributed by atoms with van der Waals surface area (Å²) in [5.74, 6) is -0.475. The van der Waals surface area contributed by atoms with E-state index in [0.717, 1.165) is 12.1 Å². The van der Waals surface area contributed by atoms with Gasteiger partial charge in [-0.05, 0) is 38.1 Å². The average molecular weight is 283 g/mol. The standard InChI is InChI=1S/C10H15FN2O2S.ClH/c1-10(2,7-12)13-16(14,15)9-5-3-8(11)4-6-9;/h3-6,13H,7,12H2,1-2H3;1H. The number of hydrogen-bond acceptors (Lipinski definition) is 3. The lowest BCUT2D eigenvalue weighted by atomic mass is 10.1. The molecule has 0 atom stereocenters. The molecule has 0 aliphatic carbocycles. The summed E-state index contributed by atoms with van der Waals surface area (Å²) >= 11 is 0. The van der Waals surface area contributed by atoms with E-state index in [0.29, 0.717) is 0 Å². The van der Waals surface area contributed by atoms with E-state index >= 15 is 0 Å². The largest absolute Gasteiger partial charge is 0.329 e. The summed E-state index contributed by atoms with van der Waals surface area (Å²) in [6.07, 6.45) is 0. The summed E-state index contributed by atoms with van der Waals surface area (Å²) < 4.78 is 38.7. The lowest BCUT2D eigenvalue weighted by molar-refractivity contribution is 0.462. The van der Waals surface area contributed by atoms with Gasteiger partial charge in [-0.25, -0.2) is 17.5 Å². The van der Waals surface area contributed by atoms with E-state index in [1.54, 1.807) is 13.8 Å². The molecule has 17 heavy (non-hydrogen) atoms. The van der Waals surface area contributed by atoms with Crippen LogP contribution >= 0.6 is 12.4 Å². The van der Waals surface area contributed by atoms with Crippen LogP contribution in [0.2, 0.25) is 0 Å². The number of sulfonamides is 1. The van der Waals surface area contributed by atoms with Crippen molar-refractivity contribution in [2.45, 2.75) is 24.3 Å². The first-order valence-corrected chi connectivity index (χ1v) is 6.25. The van der Waals surface area contributed by atoms with Gasteiger partial charge in [-0.2, -0.15) is 0 Å². The van der Waals surface area contributed by atoms with Gasteiger partial charge in [-0.3, -0.25) is 0 Å². The third kappa shape index (κ3) is 4.59. The van der Waals surface area contributed by atoms with Crippen molar-refractivity contribution >= 4 is 22.4 Å². The molecule has 0 amide bonds. The fourth-order valence-corrected chi connectivity index (χ4v) is 2.50. The molecule has 0 unspecified atom stereocenters. The van der Waals surface area contributed by atoms with Crippen molar-refractivity contribution in [1.29, 1.82) is 0 Å². The maximum atomic E-state index is 12.6. The summed E-state index contributed by atoms with van der Waals surface area (Å²) in [5.41, 5.74) is 4.70. The lowest BCUT2D eigenvalue weighted by Gasteiger charge is -2.23. The SMILES string of the molecule is CC(C)(CN)NS(=O)(=O)c1ccc(F)cc1.Cl. The minimum atomic E-state index is -3.64. The number of hydrogen-bond donors (Lipinski definition) is 2. The highest BCUT2D eigenvalue weighted by Gasteiger charge is 2.24. The zero-order valence-corrected chi connectivity index (χ0v) is 11.2. The number of rotatable bonds is 4. The Morgan fingerprint density at radius 1 is 1.29 bits per heavy atom. The van der Waals surface area contributed by atoms with Gasteiger partial charge in [-0.15, -0.1) is 12.4 Å². The third-order valence-electron chi connectivity index (χ3n) is 2.04. The Morgan fingerprint density at radius 3 is 2.18 bits per heavy atom. The average Bonchev–Trinajstić information content (AvgIpc) is 2.17. The summed E-state index contributed by atoms with van der Waals surface area (Å²) in [6, 6.07) is 4.63. The van der Waals surface area contributed by atoms with Crippen LogP contribution in [0.1, 0.15) is 13.8 Å². The van der Waals surface area contributed by atoms with Crippen LogP contribution in [0.5, 0.6) is 0 Å². The van der Waals surface area contributed by atoms with E-state index in [9.17, 15) is 12.8 Å². The minimum Gasteiger partial charge on any atom is -0.329 e. The predicted octanol–water partition coefficient (Wildman–Crippen LogP) is 1.26. The van der Waals surface area contributed by atoms with Crippen molar-refractivity contribution in [1.82, 2.24) is 4.72 Å². The normalized spacial score (nSPS) is 12.0. The van der Waals surface area contributed by atoms with Crippen molar-refractivity contribution in [3.8, 4) is 0 Å². The first kappa shape index (κ1) is 16.3. The monoisotopic (exact) mass is 282 g/mol. The van der Waals surface area contributed by atoms with Gasteiger partial charge in [0.15, 0.2) is 0 Å². The Kier molecular flexibility index (Phi) is 5.54. The predicted molar refractivity (Wildman–Crippen MR) is 67.1 cm³/mol. The van der Waals surface area contributed by atoms with Crippen LogP contribution in [0, 0.1) is 5.82 Å². The molecule has 0 saturated carbocycles. The Hall–Kier alpha value is -0.690. The topological polar surface area (TPSA) is 72.2 Å². The van der Waals surface area contributed by atoms with Crippen molar-refractivity contribution in [3.05, 3.63) is 30.1 Å². The van der Waals surface area contributed by atoms with Crippen LogP contribution in [-0.2, 0) is 10.0 Å². The van der Waals surface area contributed by atoms with E-state index in [1.807, 2.05) is 0 Å². The van der Waals surface area contributed by atoms with E-state index in [1.165, 1.54) is 12.1 Å². The molecule has 0 bridgehead atoms. The smallest absolute Gasteiger partial charge is 0.241 e. The van der Waals surface area contributed by atoms with Gasteiger partial charge in [-0.1, -0.05) is 0 Å². The Balaban J connectivity index is 0.00000256. The second kappa shape index (κ2) is 5.77. The second-order valence-corrected chi connectivity index (χ2v) is 5.83. The Labute approximate surface area is 107 Å². The second-order valence-electron chi connectivity index (χ2n) is 4.15. The molecular formula is C10H16ClFN2O2S. The molecule has 0 aliphatic rings. The fraction of sp³-hybridized carbons (Fsp3) is 0.400. The highest BCUT2D eigenvalue weighted by atomic mass is 35.5. The highest BCUT2D eigenvalue weighted by molar-refractivity contribution is 7.89. The quantitative estimate of drug-likeness (QED) is 0.873. The first-order chi connectivity index (χ1) is 7.27. The molecule has 1 rings (SSSR count). The molecule has 1 aromatic carbocycles. The summed E-state index contributed by atoms with van der Waals surface area (Å²) in [6.45, 7) is 3.52. The van der Waals surface area contributed by atoms with Gasteiger partial charge in [0.1, 0.15) is 5.82 Å². The van der Waals surface area contributed by atoms with Gasteiger partial charge in [0.2, 0.25) is 10.0 Å². The van der Waals surface area contributed by atoms with Crippen LogP contribution in [-0.4, -0.2) is 20.5 Å². The first-order valence-electron chi connectivity index (χ1n) is 4.76. The molecular weight excluding hydrogens is 267 g/mol. The molecule has 4 nitrogen and oxygen atoms in total. The molecule has 1 aromatic rings. The van der Waals surface area contributed by atoms with Crippen molar-refractivity contribution < 1.29 is 12.8 Å². The molecule has 7 heteroatoms. The van der Waals surface area contributed by atoms with Gasteiger partial charge in [0.05, 0.1) is 4.90 Å². The van der Waals surface area contributed by atoms with Crippen molar-refractivity contribution in [2.24, 2.45) is 5.73 Å². The zero-order chi connectivity index (χ0) is 12.4. The van der Waals surface area contributed by atoms with E-state index in [-0.39, 0.29) is 23.8 Å². The van der Waals surface area contributed by atoms with Crippen LogP contribution < -0.4 is 10.5 Å². The maximum Gasteiger partial charge on any atom is 0.241 e. The maximum absolute atomic E-state index is 12.6. The van der Waals surface area contributed by atoms with Crippen LogP contribution in [0.15, 0.2) is 29.2 Å². The molecule has 0 radical (unpaired) electrons. The van der Waals surface area contributed by atoms with Gasteiger partial charge < -0.3 is 5.73 Å². The minimum absolute atomic E-state index is 0. The molecule has 3 N–H and O–H groups in total. The molecule has 0 aromatic heterocycles. The van der Waals surface area contributed by atoms with Crippen LogP contribution in [0.4, 0.5) is 4.39 Å². The Morgan fingerprint density at radius 2 is 1.76 bits per heavy atom.